The summed E-state index contributed by atoms with van der Waals surface area (Å²) >= 11 is 0. The average molecular weight is 222 g/mol. The van der Waals surface area contributed by atoms with E-state index < -0.39 is 0 Å². The highest BCUT2D eigenvalue weighted by Gasteiger charge is 2.16. The predicted octanol–water partition coefficient (Wildman–Crippen LogP) is 1.56. The van der Waals surface area contributed by atoms with E-state index in [4.69, 9.17) is 5.73 Å². The van der Waals surface area contributed by atoms with Crippen LogP contribution >= 0.6 is 0 Å². The van der Waals surface area contributed by atoms with Crippen LogP contribution in [0.25, 0.3) is 0 Å². The summed E-state index contributed by atoms with van der Waals surface area (Å²) in [4.78, 5) is 2.08. The van der Waals surface area contributed by atoms with E-state index in [1.54, 1.807) is 0 Å². The molecule has 1 heterocycles. The van der Waals surface area contributed by atoms with E-state index in [0.29, 0.717) is 6.54 Å². The van der Waals surface area contributed by atoms with Gasteiger partial charge in [-0.3, -0.25) is 0 Å². The molecule has 1 rings (SSSR count). The van der Waals surface area contributed by atoms with Crippen LogP contribution in [0.15, 0.2) is 12.1 Å². The molecule has 2 N–H and O–H groups in total. The summed E-state index contributed by atoms with van der Waals surface area (Å²) in [5, 5.41) is 8.49. The first-order valence-corrected chi connectivity index (χ1v) is 5.70. The van der Waals surface area contributed by atoms with Crippen molar-refractivity contribution in [2.75, 3.05) is 25.0 Å². The van der Waals surface area contributed by atoms with E-state index in [0.717, 1.165) is 24.5 Å². The molecule has 0 fully saturated rings. The van der Waals surface area contributed by atoms with Crippen LogP contribution in [0.4, 0.5) is 5.82 Å². The SMILES string of the molecule is CN(CCCN)c1ccc(C(C)(C)C)nn1. The second-order valence-electron chi connectivity index (χ2n) is 5.09. The maximum Gasteiger partial charge on any atom is 0.150 e. The normalized spacial score (nSPS) is 11.6. The molecule has 1 aromatic heterocycles. The van der Waals surface area contributed by atoms with E-state index in [1.807, 2.05) is 19.2 Å². The number of hydrogen-bond donors (Lipinski definition) is 1. The maximum atomic E-state index is 5.47. The molecule has 1 aromatic rings. The predicted molar refractivity (Wildman–Crippen MR) is 67.7 cm³/mol. The lowest BCUT2D eigenvalue weighted by Gasteiger charge is -2.20. The third kappa shape index (κ3) is 3.45. The van der Waals surface area contributed by atoms with E-state index >= 15 is 0 Å². The Labute approximate surface area is 97.9 Å². The number of rotatable bonds is 4. The van der Waals surface area contributed by atoms with Crippen molar-refractivity contribution in [3.63, 3.8) is 0 Å². The molecule has 0 spiro atoms. The Morgan fingerprint density at radius 3 is 2.38 bits per heavy atom. The highest BCUT2D eigenvalue weighted by Crippen LogP contribution is 2.20. The highest BCUT2D eigenvalue weighted by atomic mass is 15.2. The second kappa shape index (κ2) is 5.25. The van der Waals surface area contributed by atoms with E-state index in [2.05, 4.69) is 35.9 Å². The molecule has 0 bridgehead atoms. The van der Waals surface area contributed by atoms with Gasteiger partial charge in [0, 0.05) is 19.0 Å². The molecular formula is C12H22N4. The van der Waals surface area contributed by atoms with Gasteiger partial charge in [-0.1, -0.05) is 20.8 Å². The van der Waals surface area contributed by atoms with Gasteiger partial charge in [-0.2, -0.15) is 5.10 Å². The van der Waals surface area contributed by atoms with Crippen LogP contribution in [0.5, 0.6) is 0 Å². The Kier molecular flexibility index (Phi) is 4.24. The fourth-order valence-electron chi connectivity index (χ4n) is 1.37. The molecule has 0 aliphatic carbocycles. The molecular weight excluding hydrogens is 200 g/mol. The molecule has 0 saturated heterocycles. The van der Waals surface area contributed by atoms with Crippen LogP contribution in [-0.2, 0) is 5.41 Å². The molecule has 0 amide bonds. The van der Waals surface area contributed by atoms with Gasteiger partial charge in [0.1, 0.15) is 0 Å². The summed E-state index contributed by atoms with van der Waals surface area (Å²) in [5.41, 5.74) is 6.55. The molecule has 4 heteroatoms. The van der Waals surface area contributed by atoms with E-state index in [1.165, 1.54) is 0 Å². The third-order valence-corrected chi connectivity index (χ3v) is 2.51. The summed E-state index contributed by atoms with van der Waals surface area (Å²) in [6, 6.07) is 4.06. The third-order valence-electron chi connectivity index (χ3n) is 2.51. The number of hydrogen-bond acceptors (Lipinski definition) is 4. The minimum absolute atomic E-state index is 0.0569. The fourth-order valence-corrected chi connectivity index (χ4v) is 1.37. The zero-order valence-corrected chi connectivity index (χ0v) is 10.7. The van der Waals surface area contributed by atoms with Crippen LogP contribution in [-0.4, -0.2) is 30.3 Å². The lowest BCUT2D eigenvalue weighted by Crippen LogP contribution is -2.23. The van der Waals surface area contributed by atoms with Crippen molar-refractivity contribution in [1.82, 2.24) is 10.2 Å². The topological polar surface area (TPSA) is 55.0 Å². The summed E-state index contributed by atoms with van der Waals surface area (Å²) in [7, 11) is 2.01. The van der Waals surface area contributed by atoms with Crippen LogP contribution in [0, 0.1) is 0 Å². The Morgan fingerprint density at radius 1 is 1.25 bits per heavy atom. The first kappa shape index (κ1) is 12.9. The van der Waals surface area contributed by atoms with Crippen molar-refractivity contribution >= 4 is 5.82 Å². The second-order valence-corrected chi connectivity index (χ2v) is 5.09. The standard InChI is InChI=1S/C12H22N4/c1-12(2,3)10-6-7-11(15-14-10)16(4)9-5-8-13/h6-7H,5,8-9,13H2,1-4H3. The van der Waals surface area contributed by atoms with Crippen LogP contribution in [0.3, 0.4) is 0 Å². The van der Waals surface area contributed by atoms with Crippen molar-refractivity contribution in [1.29, 1.82) is 0 Å². The molecule has 0 unspecified atom stereocenters. The quantitative estimate of drug-likeness (QED) is 0.840. The van der Waals surface area contributed by atoms with E-state index in [9.17, 15) is 0 Å². The van der Waals surface area contributed by atoms with Crippen LogP contribution < -0.4 is 10.6 Å². The van der Waals surface area contributed by atoms with Crippen molar-refractivity contribution in [2.45, 2.75) is 32.6 Å². The first-order valence-electron chi connectivity index (χ1n) is 5.70. The minimum atomic E-state index is 0.0569. The molecule has 4 nitrogen and oxygen atoms in total. The monoisotopic (exact) mass is 222 g/mol. The summed E-state index contributed by atoms with van der Waals surface area (Å²) in [6.45, 7) is 8.02. The number of nitrogens with zero attached hydrogens (tertiary/aromatic N) is 3. The molecule has 0 saturated carbocycles. The smallest absolute Gasteiger partial charge is 0.150 e. The van der Waals surface area contributed by atoms with Crippen molar-refractivity contribution < 1.29 is 0 Å². The fraction of sp³-hybridized carbons (Fsp3) is 0.667. The van der Waals surface area contributed by atoms with Crippen LogP contribution in [0.2, 0.25) is 0 Å². The number of anilines is 1. The van der Waals surface area contributed by atoms with Crippen molar-refractivity contribution in [3.8, 4) is 0 Å². The van der Waals surface area contributed by atoms with E-state index in [-0.39, 0.29) is 5.41 Å². The maximum absolute atomic E-state index is 5.47. The Morgan fingerprint density at radius 2 is 1.94 bits per heavy atom. The van der Waals surface area contributed by atoms with Gasteiger partial charge in [-0.05, 0) is 25.1 Å². The zero-order chi connectivity index (χ0) is 12.2. The molecule has 0 aliphatic heterocycles. The summed E-state index contributed by atoms with van der Waals surface area (Å²) < 4.78 is 0. The Hall–Kier alpha value is -1.16. The molecule has 90 valence electrons. The number of nitrogens with two attached hydrogens (primary N) is 1. The summed E-state index contributed by atoms with van der Waals surface area (Å²) in [5.74, 6) is 0.904. The first-order chi connectivity index (χ1) is 7.45. The van der Waals surface area contributed by atoms with Gasteiger partial charge in [0.2, 0.25) is 0 Å². The molecule has 0 aromatic carbocycles. The molecule has 0 radical (unpaired) electrons. The van der Waals surface area contributed by atoms with Crippen molar-refractivity contribution in [2.24, 2.45) is 5.73 Å². The average Bonchev–Trinajstić information content (AvgIpc) is 2.25. The van der Waals surface area contributed by atoms with Gasteiger partial charge in [0.15, 0.2) is 5.82 Å². The largest absolute Gasteiger partial charge is 0.358 e. The minimum Gasteiger partial charge on any atom is -0.358 e. The van der Waals surface area contributed by atoms with Gasteiger partial charge in [0.05, 0.1) is 5.69 Å². The van der Waals surface area contributed by atoms with Gasteiger partial charge in [-0.25, -0.2) is 0 Å². The van der Waals surface area contributed by atoms with Crippen LogP contribution in [0.1, 0.15) is 32.9 Å². The zero-order valence-electron chi connectivity index (χ0n) is 10.7. The van der Waals surface area contributed by atoms with Gasteiger partial charge < -0.3 is 10.6 Å². The molecule has 0 atom stereocenters. The van der Waals surface area contributed by atoms with Crippen molar-refractivity contribution in [3.05, 3.63) is 17.8 Å². The lowest BCUT2D eigenvalue weighted by atomic mass is 9.92. The molecule has 16 heavy (non-hydrogen) atoms. The number of aromatic nitrogens is 2. The Bertz CT molecular complexity index is 313. The molecule has 0 aliphatic rings. The summed E-state index contributed by atoms with van der Waals surface area (Å²) in [6.07, 6.45) is 0.971. The van der Waals surface area contributed by atoms with Gasteiger partial charge in [0.25, 0.3) is 0 Å². The highest BCUT2D eigenvalue weighted by molar-refractivity contribution is 5.36. The van der Waals surface area contributed by atoms with Gasteiger partial charge in [-0.15, -0.1) is 5.10 Å². The lowest BCUT2D eigenvalue weighted by molar-refractivity contribution is 0.558. The van der Waals surface area contributed by atoms with Gasteiger partial charge >= 0.3 is 0 Å². The Balaban J connectivity index is 2.71.